The molecule has 1 aliphatic heterocycles. The molecule has 1 aromatic carbocycles. The molecule has 0 bridgehead atoms. The second-order valence-corrected chi connectivity index (χ2v) is 7.47. The highest BCUT2D eigenvalue weighted by Crippen LogP contribution is 2.19. The fourth-order valence-corrected chi connectivity index (χ4v) is 4.15. The van der Waals surface area contributed by atoms with Crippen molar-refractivity contribution in [1.29, 1.82) is 0 Å². The summed E-state index contributed by atoms with van der Waals surface area (Å²) >= 11 is 1.31. The van der Waals surface area contributed by atoms with Gasteiger partial charge in [0.05, 0.1) is 16.7 Å². The standard InChI is InChI=1S/C19H25N3O3S/c23-13-7-12-22-18(25)15-8-3-4-9-16(15)20-19(22)26-14-17(24)21-10-5-1-2-6-11-21/h3-4,8-9,23H,1-2,5-7,10-14H2. The third-order valence-corrected chi connectivity index (χ3v) is 5.61. The van der Waals surface area contributed by atoms with Crippen molar-refractivity contribution in [1.82, 2.24) is 14.5 Å². The topological polar surface area (TPSA) is 75.4 Å². The number of hydrogen-bond acceptors (Lipinski definition) is 5. The van der Waals surface area contributed by atoms with Gasteiger partial charge in [-0.15, -0.1) is 0 Å². The normalized spacial score (nSPS) is 15.2. The molecule has 6 nitrogen and oxygen atoms in total. The quantitative estimate of drug-likeness (QED) is 0.619. The molecule has 0 unspecified atom stereocenters. The number of amides is 1. The van der Waals surface area contributed by atoms with Crippen molar-refractivity contribution in [3.63, 3.8) is 0 Å². The van der Waals surface area contributed by atoms with Gasteiger partial charge in [0, 0.05) is 26.2 Å². The van der Waals surface area contributed by atoms with E-state index in [-0.39, 0.29) is 23.8 Å². The summed E-state index contributed by atoms with van der Waals surface area (Å²) in [5.74, 6) is 0.386. The number of aliphatic hydroxyl groups is 1. The lowest BCUT2D eigenvalue weighted by Crippen LogP contribution is -2.33. The Morgan fingerprint density at radius 3 is 2.62 bits per heavy atom. The molecule has 26 heavy (non-hydrogen) atoms. The number of aliphatic hydroxyl groups excluding tert-OH is 1. The van der Waals surface area contributed by atoms with Gasteiger partial charge in [0.2, 0.25) is 5.91 Å². The van der Waals surface area contributed by atoms with Gasteiger partial charge in [-0.1, -0.05) is 36.7 Å². The number of carbonyl (C=O) groups excluding carboxylic acids is 1. The lowest BCUT2D eigenvalue weighted by molar-refractivity contribution is -0.128. The Morgan fingerprint density at radius 2 is 1.88 bits per heavy atom. The lowest BCUT2D eigenvalue weighted by atomic mass is 10.2. The number of thioether (sulfide) groups is 1. The molecule has 1 saturated heterocycles. The van der Waals surface area contributed by atoms with Crippen LogP contribution in [0.4, 0.5) is 0 Å². The molecule has 0 atom stereocenters. The molecule has 0 spiro atoms. The van der Waals surface area contributed by atoms with Crippen LogP contribution in [0.3, 0.4) is 0 Å². The minimum atomic E-state index is -0.117. The van der Waals surface area contributed by atoms with Crippen LogP contribution in [0.15, 0.2) is 34.2 Å². The van der Waals surface area contributed by atoms with Gasteiger partial charge in [-0.3, -0.25) is 14.2 Å². The average molecular weight is 375 g/mol. The molecule has 2 heterocycles. The highest BCUT2D eigenvalue weighted by Gasteiger charge is 2.18. The number of fused-ring (bicyclic) bond motifs is 1. The third kappa shape index (κ3) is 4.45. The molecular formula is C19H25N3O3S. The number of carbonyl (C=O) groups is 1. The molecule has 1 N–H and O–H groups in total. The number of benzene rings is 1. The van der Waals surface area contributed by atoms with Gasteiger partial charge in [0.15, 0.2) is 5.16 Å². The van der Waals surface area contributed by atoms with Crippen LogP contribution in [0, 0.1) is 0 Å². The van der Waals surface area contributed by atoms with Crippen molar-refractivity contribution >= 4 is 28.6 Å². The predicted octanol–water partition coefficient (Wildman–Crippen LogP) is 2.27. The number of aromatic nitrogens is 2. The van der Waals surface area contributed by atoms with Crippen LogP contribution in [0.1, 0.15) is 32.1 Å². The Bertz CT molecular complexity index is 813. The van der Waals surface area contributed by atoms with Crippen LogP contribution >= 0.6 is 11.8 Å². The van der Waals surface area contributed by atoms with E-state index in [4.69, 9.17) is 5.11 Å². The largest absolute Gasteiger partial charge is 0.396 e. The van der Waals surface area contributed by atoms with Crippen molar-refractivity contribution < 1.29 is 9.90 Å². The molecule has 0 saturated carbocycles. The fourth-order valence-electron chi connectivity index (χ4n) is 3.22. The van der Waals surface area contributed by atoms with Crippen LogP contribution < -0.4 is 5.56 Å². The fraction of sp³-hybridized carbons (Fsp3) is 0.526. The molecule has 1 fully saturated rings. The Hall–Kier alpha value is -1.86. The number of nitrogens with zero attached hydrogens (tertiary/aromatic N) is 3. The Morgan fingerprint density at radius 1 is 1.15 bits per heavy atom. The minimum absolute atomic E-state index is 0.0100. The average Bonchev–Trinajstić information content (AvgIpc) is 2.95. The van der Waals surface area contributed by atoms with Crippen LogP contribution in [0.25, 0.3) is 10.9 Å². The maximum atomic E-state index is 12.8. The van der Waals surface area contributed by atoms with Crippen molar-refractivity contribution in [2.45, 2.75) is 43.8 Å². The molecule has 3 rings (SSSR count). The van der Waals surface area contributed by atoms with Gasteiger partial charge < -0.3 is 10.0 Å². The van der Waals surface area contributed by atoms with Gasteiger partial charge in [0.25, 0.3) is 5.56 Å². The molecule has 0 aliphatic carbocycles. The van der Waals surface area contributed by atoms with E-state index in [1.807, 2.05) is 23.1 Å². The summed E-state index contributed by atoms with van der Waals surface area (Å²) in [6, 6.07) is 7.24. The molecule has 0 radical (unpaired) electrons. The summed E-state index contributed by atoms with van der Waals surface area (Å²) in [4.78, 5) is 31.9. The molecule has 140 valence electrons. The van der Waals surface area contributed by atoms with Gasteiger partial charge >= 0.3 is 0 Å². The molecule has 1 amide bonds. The van der Waals surface area contributed by atoms with Gasteiger partial charge in [-0.05, 0) is 31.4 Å². The summed E-state index contributed by atoms with van der Waals surface area (Å²) in [7, 11) is 0. The maximum Gasteiger partial charge on any atom is 0.262 e. The summed E-state index contributed by atoms with van der Waals surface area (Å²) in [5, 5.41) is 10.2. The van der Waals surface area contributed by atoms with Crippen LogP contribution in [-0.2, 0) is 11.3 Å². The number of rotatable bonds is 6. The number of hydrogen-bond donors (Lipinski definition) is 1. The Labute approximate surface area is 157 Å². The third-order valence-electron chi connectivity index (χ3n) is 4.65. The van der Waals surface area contributed by atoms with Gasteiger partial charge in [0.1, 0.15) is 0 Å². The molecule has 1 aromatic heterocycles. The minimum Gasteiger partial charge on any atom is -0.396 e. The maximum absolute atomic E-state index is 12.8. The first kappa shape index (κ1) is 18.9. The molecule has 7 heteroatoms. The Balaban J connectivity index is 1.81. The van der Waals surface area contributed by atoms with Crippen LogP contribution in [0.2, 0.25) is 0 Å². The van der Waals surface area contributed by atoms with Gasteiger partial charge in [-0.25, -0.2) is 4.98 Å². The Kier molecular flexibility index (Phi) is 6.68. The predicted molar refractivity (Wildman–Crippen MR) is 103 cm³/mol. The first-order valence-corrected chi connectivity index (χ1v) is 10.2. The van der Waals surface area contributed by atoms with Crippen molar-refractivity contribution in [3.8, 4) is 0 Å². The summed E-state index contributed by atoms with van der Waals surface area (Å²) < 4.78 is 1.58. The zero-order valence-electron chi connectivity index (χ0n) is 14.9. The molecule has 1 aliphatic rings. The summed E-state index contributed by atoms with van der Waals surface area (Å²) in [5.41, 5.74) is 0.524. The van der Waals surface area contributed by atoms with E-state index >= 15 is 0 Å². The van der Waals surface area contributed by atoms with Crippen molar-refractivity contribution in [2.75, 3.05) is 25.4 Å². The smallest absolute Gasteiger partial charge is 0.262 e. The van der Waals surface area contributed by atoms with E-state index in [0.29, 0.717) is 29.0 Å². The number of para-hydroxylation sites is 1. The SMILES string of the molecule is O=C(CSc1nc2ccccc2c(=O)n1CCCO)N1CCCCCC1. The van der Waals surface area contributed by atoms with Crippen molar-refractivity contribution in [2.24, 2.45) is 0 Å². The first-order chi connectivity index (χ1) is 12.7. The zero-order valence-corrected chi connectivity index (χ0v) is 15.7. The van der Waals surface area contributed by atoms with E-state index in [1.54, 1.807) is 10.6 Å². The monoisotopic (exact) mass is 375 g/mol. The highest BCUT2D eigenvalue weighted by atomic mass is 32.2. The van der Waals surface area contributed by atoms with Crippen LogP contribution in [0.5, 0.6) is 0 Å². The van der Waals surface area contributed by atoms with E-state index in [2.05, 4.69) is 4.98 Å². The van der Waals surface area contributed by atoms with Gasteiger partial charge in [-0.2, -0.15) is 0 Å². The number of likely N-dealkylation sites (tertiary alicyclic amines) is 1. The second-order valence-electron chi connectivity index (χ2n) is 6.53. The zero-order chi connectivity index (χ0) is 18.4. The van der Waals surface area contributed by atoms with E-state index in [1.165, 1.54) is 24.6 Å². The van der Waals surface area contributed by atoms with E-state index in [9.17, 15) is 9.59 Å². The molecular weight excluding hydrogens is 350 g/mol. The lowest BCUT2D eigenvalue weighted by Gasteiger charge is -2.20. The summed E-state index contributed by atoms with van der Waals surface area (Å²) in [6.07, 6.45) is 4.97. The second kappa shape index (κ2) is 9.19. The highest BCUT2D eigenvalue weighted by molar-refractivity contribution is 7.99. The summed E-state index contributed by atoms with van der Waals surface area (Å²) in [6.45, 7) is 2.05. The van der Waals surface area contributed by atoms with E-state index < -0.39 is 0 Å². The first-order valence-electron chi connectivity index (χ1n) is 9.21. The van der Waals surface area contributed by atoms with Crippen molar-refractivity contribution in [3.05, 3.63) is 34.6 Å². The van der Waals surface area contributed by atoms with Crippen LogP contribution in [-0.4, -0.2) is 50.9 Å². The molecule has 2 aromatic rings. The van der Waals surface area contributed by atoms with E-state index in [0.717, 1.165) is 25.9 Å².